The number of carbonyl (C=O) groups excluding carboxylic acids is 1. The summed E-state index contributed by atoms with van der Waals surface area (Å²) < 4.78 is 9.51. The summed E-state index contributed by atoms with van der Waals surface area (Å²) in [5.41, 5.74) is 4.21. The lowest BCUT2D eigenvalue weighted by Crippen LogP contribution is -2.43. The number of morpholine rings is 1. The molecule has 0 atom stereocenters. The van der Waals surface area contributed by atoms with Crippen molar-refractivity contribution in [3.05, 3.63) is 84.3 Å². The first kappa shape index (κ1) is 22.4. The fraction of sp³-hybridized carbons (Fsp3) is 0.333. The maximum atomic E-state index is 13.7. The Morgan fingerprint density at radius 2 is 1.79 bits per heavy atom. The standard InChI is InChI=1S/C27H31N5O2/c1-29-20-22(25-9-5-6-10-26(25)29)19-27(33)31(14-13-30-15-17-34-18-16-30)21-24-11-12-28-32(24)23-7-3-2-4-8-23/h2-12,20H,13-19,21H2,1H3. The maximum Gasteiger partial charge on any atom is 0.227 e. The number of nitrogens with zero attached hydrogens (tertiary/aromatic N) is 5. The van der Waals surface area contributed by atoms with Gasteiger partial charge in [-0.1, -0.05) is 36.4 Å². The summed E-state index contributed by atoms with van der Waals surface area (Å²) in [6, 6.07) is 20.3. The Morgan fingerprint density at radius 1 is 1.03 bits per heavy atom. The van der Waals surface area contributed by atoms with E-state index in [-0.39, 0.29) is 5.91 Å². The Kier molecular flexibility index (Phi) is 6.74. The Labute approximate surface area is 200 Å². The number of fused-ring (bicyclic) bond motifs is 1. The molecule has 1 saturated heterocycles. The van der Waals surface area contributed by atoms with Crippen molar-refractivity contribution >= 4 is 16.8 Å². The number of para-hydroxylation sites is 2. The maximum absolute atomic E-state index is 13.7. The smallest absolute Gasteiger partial charge is 0.227 e. The number of rotatable bonds is 8. The van der Waals surface area contributed by atoms with Gasteiger partial charge < -0.3 is 14.2 Å². The van der Waals surface area contributed by atoms with Gasteiger partial charge in [0.1, 0.15) is 0 Å². The Balaban J connectivity index is 1.38. The number of hydrogen-bond acceptors (Lipinski definition) is 4. The second-order valence-electron chi connectivity index (χ2n) is 8.80. The van der Waals surface area contributed by atoms with Crippen molar-refractivity contribution in [3.63, 3.8) is 0 Å². The molecule has 1 fully saturated rings. The molecule has 1 aliphatic heterocycles. The molecule has 7 nitrogen and oxygen atoms in total. The van der Waals surface area contributed by atoms with E-state index in [2.05, 4.69) is 32.9 Å². The molecule has 0 bridgehead atoms. The first-order valence-corrected chi connectivity index (χ1v) is 11.9. The molecule has 1 aliphatic rings. The van der Waals surface area contributed by atoms with Gasteiger partial charge in [0, 0.05) is 56.5 Å². The molecular formula is C27H31N5O2. The Morgan fingerprint density at radius 3 is 2.62 bits per heavy atom. The van der Waals surface area contributed by atoms with Crippen LogP contribution in [0.15, 0.2) is 73.1 Å². The SMILES string of the molecule is Cn1cc(CC(=O)N(CCN2CCOCC2)Cc2ccnn2-c2ccccc2)c2ccccc21. The van der Waals surface area contributed by atoms with Crippen LogP contribution in [-0.4, -0.2) is 69.4 Å². The summed E-state index contributed by atoms with van der Waals surface area (Å²) in [5, 5.41) is 5.67. The zero-order chi connectivity index (χ0) is 23.3. The number of amides is 1. The molecule has 7 heteroatoms. The summed E-state index contributed by atoms with van der Waals surface area (Å²) in [7, 11) is 2.03. The monoisotopic (exact) mass is 457 g/mol. The van der Waals surface area contributed by atoms with Crippen LogP contribution in [0.5, 0.6) is 0 Å². The van der Waals surface area contributed by atoms with Crippen LogP contribution in [0.1, 0.15) is 11.3 Å². The second kappa shape index (κ2) is 10.2. The van der Waals surface area contributed by atoms with Crippen LogP contribution in [0.3, 0.4) is 0 Å². The van der Waals surface area contributed by atoms with Gasteiger partial charge in [0.25, 0.3) is 0 Å². The molecule has 34 heavy (non-hydrogen) atoms. The zero-order valence-electron chi connectivity index (χ0n) is 19.6. The van der Waals surface area contributed by atoms with Gasteiger partial charge in [-0.3, -0.25) is 9.69 Å². The van der Waals surface area contributed by atoms with Crippen molar-refractivity contribution in [2.45, 2.75) is 13.0 Å². The molecule has 1 amide bonds. The first-order chi connectivity index (χ1) is 16.7. The van der Waals surface area contributed by atoms with E-state index in [1.54, 1.807) is 6.20 Å². The molecule has 2 aromatic heterocycles. The van der Waals surface area contributed by atoms with Gasteiger partial charge in [-0.25, -0.2) is 4.68 Å². The minimum atomic E-state index is 0.130. The number of benzene rings is 2. The summed E-state index contributed by atoms with van der Waals surface area (Å²) >= 11 is 0. The highest BCUT2D eigenvalue weighted by molar-refractivity contribution is 5.89. The van der Waals surface area contributed by atoms with Crippen LogP contribution < -0.4 is 0 Å². The predicted octanol–water partition coefficient (Wildman–Crippen LogP) is 3.27. The van der Waals surface area contributed by atoms with E-state index >= 15 is 0 Å². The lowest BCUT2D eigenvalue weighted by Gasteiger charge is -2.30. The van der Waals surface area contributed by atoms with Crippen LogP contribution >= 0.6 is 0 Å². The van der Waals surface area contributed by atoms with E-state index in [9.17, 15) is 4.79 Å². The Hall–Kier alpha value is -3.42. The van der Waals surface area contributed by atoms with Crippen LogP contribution in [0.2, 0.25) is 0 Å². The fourth-order valence-electron chi connectivity index (χ4n) is 4.67. The lowest BCUT2D eigenvalue weighted by molar-refractivity contribution is -0.131. The van der Waals surface area contributed by atoms with Crippen molar-refractivity contribution < 1.29 is 9.53 Å². The highest BCUT2D eigenvalue weighted by Crippen LogP contribution is 2.22. The van der Waals surface area contributed by atoms with Crippen molar-refractivity contribution in [2.75, 3.05) is 39.4 Å². The molecule has 0 unspecified atom stereocenters. The topological polar surface area (TPSA) is 55.5 Å². The van der Waals surface area contributed by atoms with E-state index in [4.69, 9.17) is 4.74 Å². The highest BCUT2D eigenvalue weighted by atomic mass is 16.5. The third-order valence-electron chi connectivity index (χ3n) is 6.54. The number of ether oxygens (including phenoxy) is 1. The number of carbonyl (C=O) groups is 1. The van der Waals surface area contributed by atoms with E-state index < -0.39 is 0 Å². The zero-order valence-corrected chi connectivity index (χ0v) is 19.6. The van der Waals surface area contributed by atoms with E-state index in [1.165, 1.54) is 0 Å². The molecule has 5 rings (SSSR count). The molecule has 0 spiro atoms. The van der Waals surface area contributed by atoms with Crippen molar-refractivity contribution in [1.82, 2.24) is 24.1 Å². The molecule has 4 aromatic rings. The molecule has 176 valence electrons. The normalized spacial score (nSPS) is 14.5. The lowest BCUT2D eigenvalue weighted by atomic mass is 10.1. The van der Waals surface area contributed by atoms with Gasteiger partial charge in [0.2, 0.25) is 5.91 Å². The van der Waals surface area contributed by atoms with Crippen molar-refractivity contribution in [3.8, 4) is 5.69 Å². The van der Waals surface area contributed by atoms with Crippen LogP contribution in [0, 0.1) is 0 Å². The predicted molar refractivity (Wildman–Crippen MR) is 133 cm³/mol. The molecule has 2 aromatic carbocycles. The summed E-state index contributed by atoms with van der Waals surface area (Å²) in [5.74, 6) is 0.130. The summed E-state index contributed by atoms with van der Waals surface area (Å²) in [6.45, 7) is 5.35. The van der Waals surface area contributed by atoms with Gasteiger partial charge in [-0.05, 0) is 29.8 Å². The first-order valence-electron chi connectivity index (χ1n) is 11.9. The number of aryl methyl sites for hydroxylation is 1. The van der Waals surface area contributed by atoms with E-state index in [0.717, 1.165) is 60.7 Å². The quantitative estimate of drug-likeness (QED) is 0.408. The average molecular weight is 458 g/mol. The molecule has 0 radical (unpaired) electrons. The third-order valence-corrected chi connectivity index (χ3v) is 6.54. The van der Waals surface area contributed by atoms with Crippen LogP contribution in [0.25, 0.3) is 16.6 Å². The molecule has 0 aliphatic carbocycles. The molecule has 0 N–H and O–H groups in total. The second-order valence-corrected chi connectivity index (χ2v) is 8.80. The molecular weight excluding hydrogens is 426 g/mol. The summed E-state index contributed by atoms with van der Waals surface area (Å²) in [6.07, 6.45) is 4.26. The van der Waals surface area contributed by atoms with E-state index in [0.29, 0.717) is 19.5 Å². The van der Waals surface area contributed by atoms with Gasteiger partial charge in [0.05, 0.1) is 37.6 Å². The summed E-state index contributed by atoms with van der Waals surface area (Å²) in [4.78, 5) is 18.0. The van der Waals surface area contributed by atoms with Gasteiger partial charge in [0.15, 0.2) is 0 Å². The van der Waals surface area contributed by atoms with Crippen molar-refractivity contribution in [2.24, 2.45) is 7.05 Å². The van der Waals surface area contributed by atoms with E-state index in [1.807, 2.05) is 65.2 Å². The average Bonchev–Trinajstić information content (AvgIpc) is 3.47. The van der Waals surface area contributed by atoms with Crippen molar-refractivity contribution in [1.29, 1.82) is 0 Å². The highest BCUT2D eigenvalue weighted by Gasteiger charge is 2.21. The molecule has 3 heterocycles. The van der Waals surface area contributed by atoms with Crippen LogP contribution in [-0.2, 0) is 29.5 Å². The third kappa shape index (κ3) is 4.90. The van der Waals surface area contributed by atoms with Gasteiger partial charge >= 0.3 is 0 Å². The minimum Gasteiger partial charge on any atom is -0.379 e. The van der Waals surface area contributed by atoms with Gasteiger partial charge in [-0.15, -0.1) is 0 Å². The number of aromatic nitrogens is 3. The number of hydrogen-bond donors (Lipinski definition) is 0. The Bertz CT molecular complexity index is 1240. The molecule has 0 saturated carbocycles. The van der Waals surface area contributed by atoms with Gasteiger partial charge in [-0.2, -0.15) is 5.10 Å². The minimum absolute atomic E-state index is 0.130. The van der Waals surface area contributed by atoms with Crippen LogP contribution in [0.4, 0.5) is 0 Å². The fourth-order valence-corrected chi connectivity index (χ4v) is 4.67. The largest absolute Gasteiger partial charge is 0.379 e.